The van der Waals surface area contributed by atoms with Gasteiger partial charge in [-0.3, -0.25) is 0 Å². The quantitative estimate of drug-likeness (QED) is 0.833. The van der Waals surface area contributed by atoms with Gasteiger partial charge in [0.2, 0.25) is 0 Å². The van der Waals surface area contributed by atoms with Crippen LogP contribution in [0.25, 0.3) is 0 Å². The maximum Gasteiger partial charge on any atom is 0.416 e. The van der Waals surface area contributed by atoms with E-state index in [1.54, 1.807) is 0 Å². The first-order chi connectivity index (χ1) is 8.86. The van der Waals surface area contributed by atoms with Crippen LogP contribution >= 0.6 is 0 Å². The second kappa shape index (κ2) is 5.28. The minimum atomic E-state index is -4.41. The normalized spacial score (nSPS) is 21.4. The molecule has 0 aromatic heterocycles. The lowest BCUT2D eigenvalue weighted by Crippen LogP contribution is -2.36. The Balaban J connectivity index is 2.13. The van der Waals surface area contributed by atoms with E-state index in [2.05, 4.69) is 5.32 Å². The highest BCUT2D eigenvalue weighted by atomic mass is 19.4. The summed E-state index contributed by atoms with van der Waals surface area (Å²) in [4.78, 5) is 0. The van der Waals surface area contributed by atoms with Crippen LogP contribution in [0.4, 0.5) is 18.9 Å². The highest BCUT2D eigenvalue weighted by Crippen LogP contribution is 2.33. The third kappa shape index (κ3) is 3.53. The lowest BCUT2D eigenvalue weighted by atomic mass is 10.1. The molecule has 1 aliphatic heterocycles. The van der Waals surface area contributed by atoms with E-state index in [0.717, 1.165) is 31.5 Å². The van der Waals surface area contributed by atoms with Crippen molar-refractivity contribution in [3.8, 4) is 5.75 Å². The summed E-state index contributed by atoms with van der Waals surface area (Å²) in [6, 6.07) is 3.49. The number of halogens is 3. The summed E-state index contributed by atoms with van der Waals surface area (Å²) in [5.41, 5.74) is 4.76. The number of nitrogen functional groups attached to an aromatic ring is 1. The maximum absolute atomic E-state index is 12.7. The molecule has 0 amide bonds. The Hall–Kier alpha value is -1.43. The van der Waals surface area contributed by atoms with Gasteiger partial charge in [-0.1, -0.05) is 0 Å². The number of nitrogens with two attached hydrogens (primary N) is 1. The summed E-state index contributed by atoms with van der Waals surface area (Å²) < 4.78 is 43.6. The molecule has 2 rings (SSSR count). The maximum atomic E-state index is 12.7. The molecule has 0 aliphatic carbocycles. The number of nitrogens with one attached hydrogen (secondary N) is 1. The topological polar surface area (TPSA) is 47.3 Å². The number of anilines is 1. The smallest absolute Gasteiger partial charge is 0.416 e. The lowest BCUT2D eigenvalue weighted by Gasteiger charge is -2.22. The zero-order valence-corrected chi connectivity index (χ0v) is 10.6. The summed E-state index contributed by atoms with van der Waals surface area (Å²) in [6.07, 6.45) is -2.58. The molecule has 2 atom stereocenters. The van der Waals surface area contributed by atoms with E-state index in [1.165, 1.54) is 6.07 Å². The van der Waals surface area contributed by atoms with Crippen LogP contribution in [0.2, 0.25) is 0 Å². The highest BCUT2D eigenvalue weighted by molar-refractivity contribution is 5.48. The summed E-state index contributed by atoms with van der Waals surface area (Å²) >= 11 is 0. The average molecular weight is 274 g/mol. The first-order valence-corrected chi connectivity index (χ1v) is 6.24. The van der Waals surface area contributed by atoms with E-state index in [0.29, 0.717) is 0 Å². The molecule has 6 heteroatoms. The van der Waals surface area contributed by atoms with Crippen molar-refractivity contribution in [2.45, 2.75) is 38.1 Å². The predicted octanol–water partition coefficient (Wildman–Crippen LogP) is 2.81. The summed E-state index contributed by atoms with van der Waals surface area (Å²) in [5.74, 6) is 0.161. The van der Waals surface area contributed by atoms with E-state index in [-0.39, 0.29) is 23.6 Å². The third-order valence-corrected chi connectivity index (χ3v) is 3.24. The molecule has 3 N–H and O–H groups in total. The Morgan fingerprint density at radius 2 is 2.11 bits per heavy atom. The van der Waals surface area contributed by atoms with Crippen LogP contribution < -0.4 is 15.8 Å². The second-order valence-electron chi connectivity index (χ2n) is 4.81. The second-order valence-corrected chi connectivity index (χ2v) is 4.81. The number of benzene rings is 1. The molecular weight excluding hydrogens is 257 g/mol. The summed E-state index contributed by atoms with van der Waals surface area (Å²) in [5, 5.41) is 3.26. The van der Waals surface area contributed by atoms with Crippen LogP contribution in [0, 0.1) is 0 Å². The van der Waals surface area contributed by atoms with Crippen LogP contribution in [-0.2, 0) is 6.18 Å². The van der Waals surface area contributed by atoms with Crippen molar-refractivity contribution in [3.63, 3.8) is 0 Å². The van der Waals surface area contributed by atoms with E-state index in [1.807, 2.05) is 6.92 Å². The van der Waals surface area contributed by atoms with Crippen LogP contribution in [0.1, 0.15) is 25.3 Å². The Labute approximate surface area is 109 Å². The molecule has 1 aliphatic rings. The minimum Gasteiger partial charge on any atom is -0.489 e. The zero-order valence-electron chi connectivity index (χ0n) is 10.6. The fourth-order valence-electron chi connectivity index (χ4n) is 2.26. The molecule has 3 nitrogen and oxygen atoms in total. The molecule has 1 heterocycles. The monoisotopic (exact) mass is 274 g/mol. The van der Waals surface area contributed by atoms with Gasteiger partial charge in [0, 0.05) is 17.8 Å². The van der Waals surface area contributed by atoms with Crippen LogP contribution in [0.15, 0.2) is 18.2 Å². The largest absolute Gasteiger partial charge is 0.489 e. The molecule has 1 aromatic carbocycles. The van der Waals surface area contributed by atoms with Crippen LogP contribution in [0.5, 0.6) is 5.75 Å². The van der Waals surface area contributed by atoms with Gasteiger partial charge in [0.1, 0.15) is 11.9 Å². The number of ether oxygens (including phenoxy) is 1. The third-order valence-electron chi connectivity index (χ3n) is 3.24. The molecule has 1 aromatic rings. The van der Waals surface area contributed by atoms with Gasteiger partial charge in [-0.15, -0.1) is 0 Å². The molecular formula is C13H17F3N2O. The van der Waals surface area contributed by atoms with E-state index in [9.17, 15) is 13.2 Å². The van der Waals surface area contributed by atoms with Crippen molar-refractivity contribution in [3.05, 3.63) is 23.8 Å². The molecule has 1 unspecified atom stereocenters. The van der Waals surface area contributed by atoms with Crippen molar-refractivity contribution in [2.24, 2.45) is 0 Å². The molecule has 19 heavy (non-hydrogen) atoms. The van der Waals surface area contributed by atoms with Crippen molar-refractivity contribution in [2.75, 3.05) is 12.3 Å². The molecule has 1 fully saturated rings. The van der Waals surface area contributed by atoms with Crippen LogP contribution in [-0.4, -0.2) is 18.7 Å². The van der Waals surface area contributed by atoms with E-state index >= 15 is 0 Å². The predicted molar refractivity (Wildman–Crippen MR) is 67.0 cm³/mol. The van der Waals surface area contributed by atoms with Gasteiger partial charge in [-0.2, -0.15) is 13.2 Å². The van der Waals surface area contributed by atoms with E-state index < -0.39 is 11.7 Å². The van der Waals surface area contributed by atoms with Gasteiger partial charge >= 0.3 is 6.18 Å². The Kier molecular flexibility index (Phi) is 3.89. The highest BCUT2D eigenvalue weighted by Gasteiger charge is 2.31. The van der Waals surface area contributed by atoms with Crippen molar-refractivity contribution >= 4 is 5.69 Å². The minimum absolute atomic E-state index is 0.0522. The molecule has 0 bridgehead atoms. The average Bonchev–Trinajstić information content (AvgIpc) is 2.80. The van der Waals surface area contributed by atoms with Crippen molar-refractivity contribution in [1.29, 1.82) is 0 Å². The number of hydrogen-bond acceptors (Lipinski definition) is 3. The van der Waals surface area contributed by atoms with Gasteiger partial charge in [0.05, 0.1) is 5.56 Å². The Morgan fingerprint density at radius 3 is 2.68 bits per heavy atom. The van der Waals surface area contributed by atoms with Gasteiger partial charge in [0.15, 0.2) is 0 Å². The molecule has 0 radical (unpaired) electrons. The van der Waals surface area contributed by atoms with Crippen molar-refractivity contribution in [1.82, 2.24) is 5.32 Å². The molecule has 0 saturated carbocycles. The van der Waals surface area contributed by atoms with Gasteiger partial charge < -0.3 is 15.8 Å². The van der Waals surface area contributed by atoms with Gasteiger partial charge in [-0.05, 0) is 38.4 Å². The van der Waals surface area contributed by atoms with E-state index in [4.69, 9.17) is 10.5 Å². The number of rotatable bonds is 3. The number of hydrogen-bond donors (Lipinski definition) is 2. The number of alkyl halides is 3. The first kappa shape index (κ1) is 14.0. The summed E-state index contributed by atoms with van der Waals surface area (Å²) in [6.45, 7) is 2.77. The SMILES string of the molecule is C[C@@H](Oc1cc(N)cc(C(F)(F)F)c1)C1CCCN1. The Morgan fingerprint density at radius 1 is 1.37 bits per heavy atom. The zero-order chi connectivity index (χ0) is 14.0. The first-order valence-electron chi connectivity index (χ1n) is 6.24. The van der Waals surface area contributed by atoms with Gasteiger partial charge in [-0.25, -0.2) is 0 Å². The van der Waals surface area contributed by atoms with Crippen molar-refractivity contribution < 1.29 is 17.9 Å². The lowest BCUT2D eigenvalue weighted by molar-refractivity contribution is -0.137. The van der Waals surface area contributed by atoms with Crippen LogP contribution in [0.3, 0.4) is 0 Å². The molecule has 1 saturated heterocycles. The Bertz CT molecular complexity index is 442. The fourth-order valence-corrected chi connectivity index (χ4v) is 2.26. The standard InChI is InChI=1S/C13H17F3N2O/c1-8(12-3-2-4-18-12)19-11-6-9(13(14,15)16)5-10(17)7-11/h5-8,12,18H,2-4,17H2,1H3/t8-,12?/m1/s1. The molecule has 0 spiro atoms. The fraction of sp³-hybridized carbons (Fsp3) is 0.538. The summed E-state index contributed by atoms with van der Waals surface area (Å²) in [7, 11) is 0. The van der Waals surface area contributed by atoms with Gasteiger partial charge in [0.25, 0.3) is 0 Å². The molecule has 106 valence electrons.